The molecule has 0 saturated heterocycles. The molecule has 0 aliphatic rings. The first-order valence-corrected chi connectivity index (χ1v) is 5.40. The van der Waals surface area contributed by atoms with Gasteiger partial charge in [0.1, 0.15) is 0 Å². The molecule has 0 atom stereocenters. The molecule has 0 heterocycles. The Hall–Kier alpha value is -1.55. The number of nitrogens with one attached hydrogen (secondary N) is 1. The molecule has 1 aromatic rings. The maximum absolute atomic E-state index is 11.7. The molecule has 0 spiro atoms. The smallest absolute Gasteiger partial charge is 0.321 e. The van der Waals surface area contributed by atoms with Crippen LogP contribution in [0.2, 0.25) is 0 Å². The van der Waals surface area contributed by atoms with Crippen LogP contribution in [-0.2, 0) is 6.54 Å². The van der Waals surface area contributed by atoms with Crippen molar-refractivity contribution in [3.05, 3.63) is 29.3 Å². The fraction of sp³-hybridized carbons (Fsp3) is 0.417. The van der Waals surface area contributed by atoms with Crippen LogP contribution < -0.4 is 11.1 Å². The summed E-state index contributed by atoms with van der Waals surface area (Å²) >= 11 is 0. The molecule has 0 aliphatic heterocycles. The van der Waals surface area contributed by atoms with E-state index in [4.69, 9.17) is 5.73 Å². The summed E-state index contributed by atoms with van der Waals surface area (Å²) in [4.78, 5) is 13.3. The standard InChI is InChI=1S/C12H19N3O/c1-4-15(3)12(16)14-11-7-10(8-13)6-5-9(11)2/h5-7H,4,8,13H2,1-3H3,(H,14,16). The van der Waals surface area contributed by atoms with Gasteiger partial charge in [-0.15, -0.1) is 0 Å². The number of aryl methyl sites for hydroxylation is 1. The second kappa shape index (κ2) is 5.51. The number of hydrogen-bond acceptors (Lipinski definition) is 2. The molecule has 3 N–H and O–H groups in total. The van der Waals surface area contributed by atoms with Gasteiger partial charge in [0.05, 0.1) is 0 Å². The second-order valence-corrected chi connectivity index (χ2v) is 3.80. The maximum Gasteiger partial charge on any atom is 0.321 e. The van der Waals surface area contributed by atoms with Crippen molar-refractivity contribution in [3.8, 4) is 0 Å². The van der Waals surface area contributed by atoms with Crippen LogP contribution in [0.5, 0.6) is 0 Å². The van der Waals surface area contributed by atoms with Crippen molar-refractivity contribution in [2.75, 3.05) is 18.9 Å². The van der Waals surface area contributed by atoms with Gasteiger partial charge in [-0.05, 0) is 31.0 Å². The molecule has 2 amide bonds. The predicted molar refractivity (Wildman–Crippen MR) is 66.4 cm³/mol. The number of benzene rings is 1. The monoisotopic (exact) mass is 221 g/mol. The van der Waals surface area contributed by atoms with Gasteiger partial charge in [0.2, 0.25) is 0 Å². The third-order valence-corrected chi connectivity index (χ3v) is 2.60. The summed E-state index contributed by atoms with van der Waals surface area (Å²) in [6.45, 7) is 5.05. The number of hydrogen-bond donors (Lipinski definition) is 2. The highest BCUT2D eigenvalue weighted by atomic mass is 16.2. The lowest BCUT2D eigenvalue weighted by atomic mass is 10.1. The van der Waals surface area contributed by atoms with Gasteiger partial charge in [-0.2, -0.15) is 0 Å². The third kappa shape index (κ3) is 2.97. The minimum atomic E-state index is -0.0974. The number of nitrogens with two attached hydrogens (primary N) is 1. The molecule has 0 aliphatic carbocycles. The van der Waals surface area contributed by atoms with Gasteiger partial charge >= 0.3 is 6.03 Å². The summed E-state index contributed by atoms with van der Waals surface area (Å²) in [7, 11) is 1.76. The number of carbonyl (C=O) groups excluding carboxylic acids is 1. The number of carbonyl (C=O) groups is 1. The summed E-state index contributed by atoms with van der Waals surface area (Å²) in [6.07, 6.45) is 0. The Morgan fingerprint density at radius 1 is 1.50 bits per heavy atom. The molecule has 0 radical (unpaired) electrons. The van der Waals surface area contributed by atoms with Crippen molar-refractivity contribution in [1.29, 1.82) is 0 Å². The zero-order valence-electron chi connectivity index (χ0n) is 10.1. The molecule has 0 fully saturated rings. The van der Waals surface area contributed by atoms with Crippen LogP contribution in [0.3, 0.4) is 0 Å². The van der Waals surface area contributed by atoms with Gasteiger partial charge in [0, 0.05) is 25.8 Å². The molecular formula is C12H19N3O. The largest absolute Gasteiger partial charge is 0.328 e. The summed E-state index contributed by atoms with van der Waals surface area (Å²) in [5.74, 6) is 0. The van der Waals surface area contributed by atoms with E-state index >= 15 is 0 Å². The summed E-state index contributed by atoms with van der Waals surface area (Å²) in [5.41, 5.74) is 8.44. The minimum absolute atomic E-state index is 0.0974. The third-order valence-electron chi connectivity index (χ3n) is 2.60. The zero-order chi connectivity index (χ0) is 12.1. The average Bonchev–Trinajstić information content (AvgIpc) is 2.30. The van der Waals surface area contributed by atoms with Crippen molar-refractivity contribution in [2.24, 2.45) is 5.73 Å². The van der Waals surface area contributed by atoms with E-state index in [0.717, 1.165) is 16.8 Å². The van der Waals surface area contributed by atoms with E-state index in [1.165, 1.54) is 0 Å². The number of rotatable bonds is 3. The Labute approximate surface area is 96.4 Å². The summed E-state index contributed by atoms with van der Waals surface area (Å²) in [5, 5.41) is 2.87. The van der Waals surface area contributed by atoms with E-state index in [0.29, 0.717) is 13.1 Å². The Kier molecular flexibility index (Phi) is 4.31. The summed E-state index contributed by atoms with van der Waals surface area (Å²) < 4.78 is 0. The lowest BCUT2D eigenvalue weighted by Crippen LogP contribution is -2.31. The van der Waals surface area contributed by atoms with Crippen LogP contribution in [0.15, 0.2) is 18.2 Å². The van der Waals surface area contributed by atoms with E-state index in [9.17, 15) is 4.79 Å². The Morgan fingerprint density at radius 2 is 2.19 bits per heavy atom. The van der Waals surface area contributed by atoms with Gasteiger partial charge in [-0.1, -0.05) is 12.1 Å². The fourth-order valence-electron chi connectivity index (χ4n) is 1.29. The quantitative estimate of drug-likeness (QED) is 0.819. The molecular weight excluding hydrogens is 202 g/mol. The van der Waals surface area contributed by atoms with E-state index < -0.39 is 0 Å². The van der Waals surface area contributed by atoms with Gasteiger partial charge in [0.25, 0.3) is 0 Å². The molecule has 4 heteroatoms. The first kappa shape index (κ1) is 12.5. The van der Waals surface area contributed by atoms with E-state index in [-0.39, 0.29) is 6.03 Å². The van der Waals surface area contributed by atoms with Crippen LogP contribution in [0.4, 0.5) is 10.5 Å². The lowest BCUT2D eigenvalue weighted by molar-refractivity contribution is 0.224. The van der Waals surface area contributed by atoms with Gasteiger partial charge < -0.3 is 16.0 Å². The topological polar surface area (TPSA) is 58.4 Å². The molecule has 1 rings (SSSR count). The molecule has 4 nitrogen and oxygen atoms in total. The van der Waals surface area contributed by atoms with Crippen molar-refractivity contribution >= 4 is 11.7 Å². The van der Waals surface area contributed by atoms with Crippen molar-refractivity contribution in [1.82, 2.24) is 4.90 Å². The second-order valence-electron chi connectivity index (χ2n) is 3.80. The van der Waals surface area contributed by atoms with Gasteiger partial charge in [0.15, 0.2) is 0 Å². The predicted octanol–water partition coefficient (Wildman–Crippen LogP) is 1.94. The number of anilines is 1. The molecule has 1 aromatic carbocycles. The lowest BCUT2D eigenvalue weighted by Gasteiger charge is -2.17. The highest BCUT2D eigenvalue weighted by molar-refractivity contribution is 5.90. The number of amides is 2. The van der Waals surface area contributed by atoms with E-state index in [2.05, 4.69) is 5.32 Å². The Balaban J connectivity index is 2.83. The fourth-order valence-corrected chi connectivity index (χ4v) is 1.29. The van der Waals surface area contributed by atoms with Crippen molar-refractivity contribution in [2.45, 2.75) is 20.4 Å². The van der Waals surface area contributed by atoms with Crippen LogP contribution in [0, 0.1) is 6.92 Å². The van der Waals surface area contributed by atoms with Crippen LogP contribution in [0.25, 0.3) is 0 Å². The first-order valence-electron chi connectivity index (χ1n) is 5.40. The normalized spacial score (nSPS) is 10.0. The van der Waals surface area contributed by atoms with Crippen molar-refractivity contribution in [3.63, 3.8) is 0 Å². The first-order chi connectivity index (χ1) is 7.58. The molecule has 0 bridgehead atoms. The Bertz CT molecular complexity index is 377. The highest BCUT2D eigenvalue weighted by Gasteiger charge is 2.08. The average molecular weight is 221 g/mol. The zero-order valence-corrected chi connectivity index (χ0v) is 10.1. The number of urea groups is 1. The number of nitrogens with zero attached hydrogens (tertiary/aromatic N) is 1. The minimum Gasteiger partial charge on any atom is -0.328 e. The molecule has 0 aromatic heterocycles. The molecule has 16 heavy (non-hydrogen) atoms. The van der Waals surface area contributed by atoms with Gasteiger partial charge in [-0.3, -0.25) is 0 Å². The van der Waals surface area contributed by atoms with E-state index in [1.807, 2.05) is 32.0 Å². The Morgan fingerprint density at radius 3 is 2.75 bits per heavy atom. The summed E-state index contributed by atoms with van der Waals surface area (Å²) in [6, 6.07) is 5.74. The van der Waals surface area contributed by atoms with Crippen LogP contribution >= 0.6 is 0 Å². The SMILES string of the molecule is CCN(C)C(=O)Nc1cc(CN)ccc1C. The van der Waals surface area contributed by atoms with E-state index in [1.54, 1.807) is 11.9 Å². The van der Waals surface area contributed by atoms with Gasteiger partial charge in [-0.25, -0.2) is 4.79 Å². The highest BCUT2D eigenvalue weighted by Crippen LogP contribution is 2.16. The molecule has 0 saturated carbocycles. The van der Waals surface area contributed by atoms with Crippen LogP contribution in [-0.4, -0.2) is 24.5 Å². The molecule has 88 valence electrons. The van der Waals surface area contributed by atoms with Crippen LogP contribution in [0.1, 0.15) is 18.1 Å². The van der Waals surface area contributed by atoms with Crippen molar-refractivity contribution < 1.29 is 4.79 Å². The maximum atomic E-state index is 11.7. The molecule has 0 unspecified atom stereocenters.